The third kappa shape index (κ3) is 4.73. The number of alkyl halides is 1. The molecule has 0 aliphatic carbocycles. The minimum Gasteiger partial charge on any atom is -0.333 e. The van der Waals surface area contributed by atoms with E-state index in [4.69, 9.17) is 23.2 Å². The molecule has 0 aromatic heterocycles. The maximum Gasteiger partial charge on any atom is 0.254 e. The number of nitrogens with zero attached hydrogens (tertiary/aromatic N) is 1. The van der Waals surface area contributed by atoms with Gasteiger partial charge >= 0.3 is 0 Å². The molecule has 0 spiro atoms. The first-order valence-electron chi connectivity index (χ1n) is 6.45. The minimum atomic E-state index is -0.0808. The lowest BCUT2D eigenvalue weighted by Crippen LogP contribution is -2.32. The summed E-state index contributed by atoms with van der Waals surface area (Å²) in [6, 6.07) is 14.8. The van der Waals surface area contributed by atoms with Crippen molar-refractivity contribution in [3.05, 3.63) is 69.7 Å². The fourth-order valence-corrected chi connectivity index (χ4v) is 2.97. The molecule has 0 saturated heterocycles. The second-order valence-electron chi connectivity index (χ2n) is 4.56. The molecule has 2 aromatic carbocycles. The van der Waals surface area contributed by atoms with Crippen molar-refractivity contribution >= 4 is 45.0 Å². The molecule has 2 rings (SSSR count). The van der Waals surface area contributed by atoms with E-state index in [2.05, 4.69) is 15.9 Å². The van der Waals surface area contributed by atoms with E-state index in [0.29, 0.717) is 34.0 Å². The normalized spacial score (nSPS) is 10.4. The maximum absolute atomic E-state index is 12.6. The highest BCUT2D eigenvalue weighted by atomic mass is 79.9. The van der Waals surface area contributed by atoms with E-state index < -0.39 is 0 Å². The van der Waals surface area contributed by atoms with Crippen molar-refractivity contribution in [2.24, 2.45) is 0 Å². The van der Waals surface area contributed by atoms with E-state index in [1.807, 2.05) is 30.3 Å². The molecule has 2 nitrogen and oxygen atoms in total. The van der Waals surface area contributed by atoms with Crippen LogP contribution in [-0.2, 0) is 6.54 Å². The first-order valence-corrected chi connectivity index (χ1v) is 8.33. The van der Waals surface area contributed by atoms with Gasteiger partial charge in [0.15, 0.2) is 0 Å². The van der Waals surface area contributed by atoms with Gasteiger partial charge in [0.2, 0.25) is 0 Å². The molecule has 0 atom stereocenters. The van der Waals surface area contributed by atoms with E-state index in [-0.39, 0.29) is 5.91 Å². The van der Waals surface area contributed by atoms with Crippen LogP contribution in [0.1, 0.15) is 15.9 Å². The summed E-state index contributed by atoms with van der Waals surface area (Å²) in [6.45, 7) is 1.16. The predicted octanol–water partition coefficient (Wildman–Crippen LogP) is 5.03. The number of hydrogen-bond donors (Lipinski definition) is 0. The summed E-state index contributed by atoms with van der Waals surface area (Å²) in [5, 5.41) is 1.63. The monoisotopic (exact) mass is 385 g/mol. The van der Waals surface area contributed by atoms with Crippen LogP contribution >= 0.6 is 39.1 Å². The zero-order valence-electron chi connectivity index (χ0n) is 11.2. The van der Waals surface area contributed by atoms with Crippen molar-refractivity contribution in [3.63, 3.8) is 0 Å². The summed E-state index contributed by atoms with van der Waals surface area (Å²) in [5.74, 6) is -0.0808. The van der Waals surface area contributed by atoms with Crippen molar-refractivity contribution in [3.8, 4) is 0 Å². The average Bonchev–Trinajstić information content (AvgIpc) is 2.46. The molecule has 5 heteroatoms. The first kappa shape index (κ1) is 16.3. The Hall–Kier alpha value is -1.03. The highest BCUT2D eigenvalue weighted by Gasteiger charge is 2.16. The third-order valence-electron chi connectivity index (χ3n) is 2.97. The summed E-state index contributed by atoms with van der Waals surface area (Å²) in [5.41, 5.74) is 1.59. The summed E-state index contributed by atoms with van der Waals surface area (Å²) in [6.07, 6.45) is 0. The Morgan fingerprint density at radius 1 is 1.05 bits per heavy atom. The van der Waals surface area contributed by atoms with Gasteiger partial charge in [-0.2, -0.15) is 0 Å². The van der Waals surface area contributed by atoms with Gasteiger partial charge in [0.25, 0.3) is 5.91 Å². The molecule has 0 N–H and O–H groups in total. The Morgan fingerprint density at radius 2 is 1.67 bits per heavy atom. The van der Waals surface area contributed by atoms with Gasteiger partial charge in [0, 0.05) is 34.0 Å². The second kappa shape index (κ2) is 7.83. The quantitative estimate of drug-likeness (QED) is 0.660. The summed E-state index contributed by atoms with van der Waals surface area (Å²) >= 11 is 15.3. The molecule has 0 heterocycles. The van der Waals surface area contributed by atoms with Crippen molar-refractivity contribution in [2.75, 3.05) is 11.9 Å². The largest absolute Gasteiger partial charge is 0.333 e. The van der Waals surface area contributed by atoms with Crippen molar-refractivity contribution in [1.82, 2.24) is 4.90 Å². The Balaban J connectivity index is 2.22. The summed E-state index contributed by atoms with van der Waals surface area (Å²) in [7, 11) is 0. The Bertz CT molecular complexity index is 599. The lowest BCUT2D eigenvalue weighted by atomic mass is 10.1. The first-order chi connectivity index (χ1) is 10.1. The van der Waals surface area contributed by atoms with E-state index in [9.17, 15) is 4.79 Å². The van der Waals surface area contributed by atoms with Crippen LogP contribution in [0.2, 0.25) is 10.0 Å². The van der Waals surface area contributed by atoms with Gasteiger partial charge in [-0.1, -0.05) is 69.5 Å². The Kier molecular flexibility index (Phi) is 6.09. The molecule has 0 saturated carbocycles. The number of carbonyl (C=O) groups excluding carboxylic acids is 1. The predicted molar refractivity (Wildman–Crippen MR) is 91.4 cm³/mol. The van der Waals surface area contributed by atoms with Crippen LogP contribution in [0.5, 0.6) is 0 Å². The molecule has 0 bridgehead atoms. The molecule has 0 aliphatic rings. The van der Waals surface area contributed by atoms with Crippen molar-refractivity contribution in [2.45, 2.75) is 6.54 Å². The van der Waals surface area contributed by atoms with E-state index in [0.717, 1.165) is 5.56 Å². The molecule has 0 radical (unpaired) electrons. The standard InChI is InChI=1S/C16H14BrCl2NO/c17-6-7-20(11-12-4-2-1-3-5-12)16(21)13-8-14(18)10-15(19)9-13/h1-5,8-10H,6-7,11H2. The SMILES string of the molecule is O=C(c1cc(Cl)cc(Cl)c1)N(CCBr)Cc1ccccc1. The van der Waals surface area contributed by atoms with Crippen LogP contribution in [0.4, 0.5) is 0 Å². The zero-order chi connectivity index (χ0) is 15.2. The molecule has 110 valence electrons. The maximum atomic E-state index is 12.6. The van der Waals surface area contributed by atoms with E-state index in [1.54, 1.807) is 23.1 Å². The highest BCUT2D eigenvalue weighted by Crippen LogP contribution is 2.21. The van der Waals surface area contributed by atoms with Gasteiger partial charge in [-0.05, 0) is 23.8 Å². The van der Waals surface area contributed by atoms with Gasteiger partial charge < -0.3 is 4.90 Å². The minimum absolute atomic E-state index is 0.0808. The molecule has 0 aliphatic heterocycles. The smallest absolute Gasteiger partial charge is 0.254 e. The van der Waals surface area contributed by atoms with Crippen LogP contribution in [0.15, 0.2) is 48.5 Å². The van der Waals surface area contributed by atoms with Crippen LogP contribution in [-0.4, -0.2) is 22.7 Å². The molecular weight excluding hydrogens is 373 g/mol. The Labute approximate surface area is 142 Å². The third-order valence-corrected chi connectivity index (χ3v) is 3.76. The molecule has 1 amide bonds. The topological polar surface area (TPSA) is 20.3 Å². The van der Waals surface area contributed by atoms with Crippen LogP contribution in [0, 0.1) is 0 Å². The zero-order valence-corrected chi connectivity index (χ0v) is 14.3. The fourth-order valence-electron chi connectivity index (χ4n) is 2.02. The number of rotatable bonds is 5. The second-order valence-corrected chi connectivity index (χ2v) is 6.23. The summed E-state index contributed by atoms with van der Waals surface area (Å²) < 4.78 is 0. The van der Waals surface area contributed by atoms with Gasteiger partial charge in [0.1, 0.15) is 0 Å². The number of hydrogen-bond acceptors (Lipinski definition) is 1. The van der Waals surface area contributed by atoms with Crippen LogP contribution in [0.3, 0.4) is 0 Å². The van der Waals surface area contributed by atoms with Crippen LogP contribution < -0.4 is 0 Å². The van der Waals surface area contributed by atoms with Gasteiger partial charge in [-0.25, -0.2) is 0 Å². The highest BCUT2D eigenvalue weighted by molar-refractivity contribution is 9.09. The van der Waals surface area contributed by atoms with E-state index in [1.165, 1.54) is 0 Å². The van der Waals surface area contributed by atoms with Gasteiger partial charge in [-0.15, -0.1) is 0 Å². The number of amides is 1. The molecule has 2 aromatic rings. The molecule has 21 heavy (non-hydrogen) atoms. The van der Waals surface area contributed by atoms with E-state index >= 15 is 0 Å². The average molecular weight is 387 g/mol. The van der Waals surface area contributed by atoms with Crippen LogP contribution in [0.25, 0.3) is 0 Å². The lowest BCUT2D eigenvalue weighted by molar-refractivity contribution is 0.0754. The number of benzene rings is 2. The van der Waals surface area contributed by atoms with Crippen molar-refractivity contribution < 1.29 is 4.79 Å². The van der Waals surface area contributed by atoms with Crippen molar-refractivity contribution in [1.29, 1.82) is 0 Å². The molecular formula is C16H14BrCl2NO. The lowest BCUT2D eigenvalue weighted by Gasteiger charge is -2.22. The molecule has 0 unspecified atom stereocenters. The van der Waals surface area contributed by atoms with Gasteiger partial charge in [-0.3, -0.25) is 4.79 Å². The Morgan fingerprint density at radius 3 is 2.24 bits per heavy atom. The summed E-state index contributed by atoms with van der Waals surface area (Å²) in [4.78, 5) is 14.4. The number of halogens is 3. The fraction of sp³-hybridized carbons (Fsp3) is 0.188. The molecule has 0 fully saturated rings. The van der Waals surface area contributed by atoms with Gasteiger partial charge in [0.05, 0.1) is 0 Å². The number of carbonyl (C=O) groups is 1.